The number of nitrogens with zero attached hydrogens (tertiary/aromatic N) is 4. The number of pyridine rings is 1. The van der Waals surface area contributed by atoms with E-state index in [4.69, 9.17) is 10.5 Å². The topological polar surface area (TPSA) is 86.3 Å². The Balaban J connectivity index is 1.58. The number of ether oxygens (including phenoxy) is 1. The third-order valence-electron chi connectivity index (χ3n) is 4.04. The predicted octanol–water partition coefficient (Wildman–Crippen LogP) is 0.871. The minimum atomic E-state index is -0.0426. The van der Waals surface area contributed by atoms with E-state index in [1.54, 1.807) is 23.2 Å². The summed E-state index contributed by atoms with van der Waals surface area (Å²) < 4.78 is 7.53. The van der Waals surface area contributed by atoms with Crippen molar-refractivity contribution in [3.05, 3.63) is 42.1 Å². The van der Waals surface area contributed by atoms with Crippen molar-refractivity contribution < 1.29 is 9.53 Å². The van der Waals surface area contributed by atoms with Gasteiger partial charge in [-0.1, -0.05) is 0 Å². The molecule has 0 unspecified atom stereocenters. The molecule has 2 aromatic rings. The van der Waals surface area contributed by atoms with Gasteiger partial charge in [0, 0.05) is 38.7 Å². The fourth-order valence-electron chi connectivity index (χ4n) is 2.77. The van der Waals surface area contributed by atoms with E-state index in [0.29, 0.717) is 31.3 Å². The average Bonchev–Trinajstić information content (AvgIpc) is 2.99. The molecule has 7 heteroatoms. The molecule has 1 saturated heterocycles. The lowest BCUT2D eigenvalue weighted by Gasteiger charge is -2.32. The van der Waals surface area contributed by atoms with Crippen LogP contribution in [0.25, 0.3) is 0 Å². The SMILES string of the molecule is Cn1ccnc1C(=O)N1CCO[C@@H](CCc2ccnc(N)c2)C1. The summed E-state index contributed by atoms with van der Waals surface area (Å²) in [6.45, 7) is 1.75. The largest absolute Gasteiger partial charge is 0.384 e. The second-order valence-corrected chi connectivity index (χ2v) is 5.73. The number of rotatable bonds is 4. The van der Waals surface area contributed by atoms with Crippen molar-refractivity contribution in [1.29, 1.82) is 0 Å². The van der Waals surface area contributed by atoms with Crippen molar-refractivity contribution in [1.82, 2.24) is 19.4 Å². The number of anilines is 1. The van der Waals surface area contributed by atoms with E-state index >= 15 is 0 Å². The van der Waals surface area contributed by atoms with Crippen LogP contribution < -0.4 is 5.73 Å². The van der Waals surface area contributed by atoms with Crippen LogP contribution in [0.3, 0.4) is 0 Å². The average molecular weight is 315 g/mol. The Morgan fingerprint density at radius 1 is 1.43 bits per heavy atom. The predicted molar refractivity (Wildman–Crippen MR) is 85.8 cm³/mol. The van der Waals surface area contributed by atoms with Crippen LogP contribution >= 0.6 is 0 Å². The number of hydrogen-bond acceptors (Lipinski definition) is 5. The Morgan fingerprint density at radius 2 is 2.30 bits per heavy atom. The first-order valence-electron chi connectivity index (χ1n) is 7.72. The molecule has 0 saturated carbocycles. The van der Waals surface area contributed by atoms with Gasteiger partial charge in [0.25, 0.3) is 5.91 Å². The third kappa shape index (κ3) is 3.68. The van der Waals surface area contributed by atoms with E-state index < -0.39 is 0 Å². The quantitative estimate of drug-likeness (QED) is 0.905. The van der Waals surface area contributed by atoms with E-state index in [1.807, 2.05) is 24.1 Å². The lowest BCUT2D eigenvalue weighted by atomic mass is 10.1. The fraction of sp³-hybridized carbons (Fsp3) is 0.438. The van der Waals surface area contributed by atoms with Crippen LogP contribution in [0.4, 0.5) is 5.82 Å². The van der Waals surface area contributed by atoms with Crippen LogP contribution in [0.5, 0.6) is 0 Å². The number of aromatic nitrogens is 3. The molecule has 1 atom stereocenters. The number of hydrogen-bond donors (Lipinski definition) is 1. The molecule has 0 radical (unpaired) electrons. The molecular formula is C16H21N5O2. The van der Waals surface area contributed by atoms with E-state index in [-0.39, 0.29) is 12.0 Å². The van der Waals surface area contributed by atoms with Crippen LogP contribution in [-0.4, -0.2) is 51.1 Å². The molecule has 3 heterocycles. The van der Waals surface area contributed by atoms with Gasteiger partial charge in [-0.15, -0.1) is 0 Å². The molecular weight excluding hydrogens is 294 g/mol. The Morgan fingerprint density at radius 3 is 3.04 bits per heavy atom. The van der Waals surface area contributed by atoms with Gasteiger partial charge in [0.2, 0.25) is 0 Å². The van der Waals surface area contributed by atoms with Crippen molar-refractivity contribution in [2.24, 2.45) is 7.05 Å². The molecule has 0 bridgehead atoms. The maximum Gasteiger partial charge on any atom is 0.290 e. The van der Waals surface area contributed by atoms with E-state index in [2.05, 4.69) is 9.97 Å². The standard InChI is InChI=1S/C16H21N5O2/c1-20-7-6-19-15(20)16(22)21-8-9-23-13(11-21)3-2-12-4-5-18-14(17)10-12/h4-7,10,13H,2-3,8-9,11H2,1H3,(H2,17,18)/t13-/m0/s1. The monoisotopic (exact) mass is 315 g/mol. The van der Waals surface area contributed by atoms with Crippen LogP contribution in [0.1, 0.15) is 22.6 Å². The summed E-state index contributed by atoms with van der Waals surface area (Å²) in [7, 11) is 1.83. The van der Waals surface area contributed by atoms with Crippen molar-refractivity contribution in [3.8, 4) is 0 Å². The van der Waals surface area contributed by atoms with Crippen LogP contribution in [0.15, 0.2) is 30.7 Å². The van der Waals surface area contributed by atoms with Crippen molar-refractivity contribution in [3.63, 3.8) is 0 Å². The van der Waals surface area contributed by atoms with Crippen LogP contribution in [0, 0.1) is 0 Å². The van der Waals surface area contributed by atoms with Crippen LogP contribution in [0.2, 0.25) is 0 Å². The highest BCUT2D eigenvalue weighted by Gasteiger charge is 2.26. The fourth-order valence-corrected chi connectivity index (χ4v) is 2.77. The summed E-state index contributed by atoms with van der Waals surface area (Å²) in [6, 6.07) is 3.83. The molecule has 1 aliphatic heterocycles. The molecule has 23 heavy (non-hydrogen) atoms. The summed E-state index contributed by atoms with van der Waals surface area (Å²) in [5, 5.41) is 0. The lowest BCUT2D eigenvalue weighted by molar-refractivity contribution is -0.0250. The Kier molecular flexibility index (Phi) is 4.57. The smallest absolute Gasteiger partial charge is 0.290 e. The zero-order chi connectivity index (χ0) is 16.2. The van der Waals surface area contributed by atoms with Gasteiger partial charge in [-0.2, -0.15) is 0 Å². The molecule has 0 spiro atoms. The van der Waals surface area contributed by atoms with E-state index in [9.17, 15) is 4.79 Å². The molecule has 0 aliphatic carbocycles. The molecule has 1 aliphatic rings. The number of amides is 1. The highest BCUT2D eigenvalue weighted by atomic mass is 16.5. The second-order valence-electron chi connectivity index (χ2n) is 5.73. The van der Waals surface area contributed by atoms with Gasteiger partial charge in [0.05, 0.1) is 12.7 Å². The first-order chi connectivity index (χ1) is 11.1. The lowest BCUT2D eigenvalue weighted by Crippen LogP contribution is -2.46. The molecule has 1 amide bonds. The van der Waals surface area contributed by atoms with Gasteiger partial charge in [-0.25, -0.2) is 9.97 Å². The van der Waals surface area contributed by atoms with Gasteiger partial charge in [-0.3, -0.25) is 4.79 Å². The number of carbonyl (C=O) groups is 1. The molecule has 2 N–H and O–H groups in total. The molecule has 1 fully saturated rings. The molecule has 7 nitrogen and oxygen atoms in total. The summed E-state index contributed by atoms with van der Waals surface area (Å²) >= 11 is 0. The van der Waals surface area contributed by atoms with Gasteiger partial charge < -0.3 is 19.9 Å². The zero-order valence-electron chi connectivity index (χ0n) is 13.2. The highest BCUT2D eigenvalue weighted by molar-refractivity contribution is 5.90. The van der Waals surface area contributed by atoms with E-state index in [0.717, 1.165) is 18.4 Å². The molecule has 3 rings (SSSR count). The second kappa shape index (κ2) is 6.78. The minimum Gasteiger partial charge on any atom is -0.384 e. The normalized spacial score (nSPS) is 18.1. The zero-order valence-corrected chi connectivity index (χ0v) is 13.2. The number of nitrogen functional groups attached to an aromatic ring is 1. The van der Waals surface area contributed by atoms with Gasteiger partial charge >= 0.3 is 0 Å². The number of nitrogens with two attached hydrogens (primary N) is 1. The van der Waals surface area contributed by atoms with Crippen molar-refractivity contribution in [2.45, 2.75) is 18.9 Å². The third-order valence-corrected chi connectivity index (χ3v) is 4.04. The number of morpholine rings is 1. The molecule has 2 aromatic heterocycles. The van der Waals surface area contributed by atoms with Crippen molar-refractivity contribution in [2.75, 3.05) is 25.4 Å². The highest BCUT2D eigenvalue weighted by Crippen LogP contribution is 2.15. The Labute approximate surface area is 135 Å². The number of imidazole rings is 1. The summed E-state index contributed by atoms with van der Waals surface area (Å²) in [5.74, 6) is 0.949. The maximum absolute atomic E-state index is 12.5. The number of aryl methyl sites for hydroxylation is 2. The van der Waals surface area contributed by atoms with E-state index in [1.165, 1.54) is 0 Å². The molecule has 0 aromatic carbocycles. The van der Waals surface area contributed by atoms with Gasteiger partial charge in [-0.05, 0) is 30.5 Å². The first kappa shape index (κ1) is 15.5. The number of carbonyl (C=O) groups excluding carboxylic acids is 1. The van der Waals surface area contributed by atoms with Gasteiger partial charge in [0.1, 0.15) is 5.82 Å². The summed E-state index contributed by atoms with van der Waals surface area (Å²) in [4.78, 5) is 22.4. The molecule has 122 valence electrons. The Bertz CT molecular complexity index is 685. The summed E-state index contributed by atoms with van der Waals surface area (Å²) in [5.41, 5.74) is 6.83. The minimum absolute atomic E-state index is 0.0300. The van der Waals surface area contributed by atoms with Crippen LogP contribution in [-0.2, 0) is 18.2 Å². The first-order valence-corrected chi connectivity index (χ1v) is 7.72. The summed E-state index contributed by atoms with van der Waals surface area (Å²) in [6.07, 6.45) is 6.85. The Hall–Kier alpha value is -2.41. The maximum atomic E-state index is 12.5. The van der Waals surface area contributed by atoms with Crippen molar-refractivity contribution >= 4 is 11.7 Å². The van der Waals surface area contributed by atoms with Gasteiger partial charge in [0.15, 0.2) is 5.82 Å².